The van der Waals surface area contributed by atoms with Crippen LogP contribution >= 0.6 is 0 Å². The third-order valence-corrected chi connectivity index (χ3v) is 2.81. The van der Waals surface area contributed by atoms with Crippen LogP contribution in [0.1, 0.15) is 22.9 Å². The van der Waals surface area contributed by atoms with Gasteiger partial charge in [-0.25, -0.2) is 0 Å². The summed E-state index contributed by atoms with van der Waals surface area (Å²) >= 11 is 0. The normalized spacial score (nSPS) is 12.2. The Morgan fingerprint density at radius 3 is 2.84 bits per heavy atom. The third kappa shape index (κ3) is 3.38. The van der Waals surface area contributed by atoms with Gasteiger partial charge in [0.15, 0.2) is 0 Å². The number of rotatable bonds is 4. The Balaban J connectivity index is 1.92. The second kappa shape index (κ2) is 5.62. The lowest BCUT2D eigenvalue weighted by Crippen LogP contribution is -2.33. The van der Waals surface area contributed by atoms with Crippen LogP contribution in [0.4, 0.5) is 0 Å². The van der Waals surface area contributed by atoms with Gasteiger partial charge < -0.3 is 11.1 Å². The number of aromatic nitrogens is 3. The monoisotopic (exact) mass is 259 g/mol. The number of hydrogen-bond acceptors (Lipinski definition) is 4. The van der Waals surface area contributed by atoms with Crippen LogP contribution in [0.5, 0.6) is 0 Å². The van der Waals surface area contributed by atoms with E-state index in [1.54, 1.807) is 30.3 Å². The largest absolute Gasteiger partial charge is 0.350 e. The van der Waals surface area contributed by atoms with Gasteiger partial charge in [-0.2, -0.15) is 5.10 Å². The van der Waals surface area contributed by atoms with E-state index in [0.717, 1.165) is 11.3 Å². The molecule has 0 bridgehead atoms. The molecule has 0 spiro atoms. The quantitative estimate of drug-likeness (QED) is 0.834. The van der Waals surface area contributed by atoms with E-state index in [1.807, 2.05) is 19.1 Å². The summed E-state index contributed by atoms with van der Waals surface area (Å²) in [5, 5.41) is 6.78. The summed E-state index contributed by atoms with van der Waals surface area (Å²) in [6, 6.07) is 3.13. The van der Waals surface area contributed by atoms with Gasteiger partial charge in [0.05, 0.1) is 6.20 Å². The molecule has 3 N–H and O–H groups in total. The molecule has 1 atom stereocenters. The van der Waals surface area contributed by atoms with Gasteiger partial charge in [-0.05, 0) is 18.6 Å². The smallest absolute Gasteiger partial charge is 0.241 e. The van der Waals surface area contributed by atoms with Crippen LogP contribution in [0.25, 0.3) is 0 Å². The molecule has 1 unspecified atom stereocenters. The molecule has 6 nitrogen and oxygen atoms in total. The first-order valence-electron chi connectivity index (χ1n) is 5.99. The van der Waals surface area contributed by atoms with Crippen molar-refractivity contribution in [2.45, 2.75) is 19.5 Å². The van der Waals surface area contributed by atoms with Crippen molar-refractivity contribution in [2.24, 2.45) is 12.8 Å². The Morgan fingerprint density at radius 2 is 2.26 bits per heavy atom. The maximum absolute atomic E-state index is 11.9. The zero-order chi connectivity index (χ0) is 13.8. The van der Waals surface area contributed by atoms with Gasteiger partial charge in [-0.3, -0.25) is 14.5 Å². The van der Waals surface area contributed by atoms with Gasteiger partial charge >= 0.3 is 0 Å². The molecule has 0 aromatic carbocycles. The molecule has 2 aromatic heterocycles. The fraction of sp³-hybridized carbons (Fsp3) is 0.308. The summed E-state index contributed by atoms with van der Waals surface area (Å²) < 4.78 is 1.62. The van der Waals surface area contributed by atoms with E-state index in [1.165, 1.54) is 0 Å². The number of nitrogens with two attached hydrogens (primary N) is 1. The summed E-state index contributed by atoms with van der Waals surface area (Å²) in [5.74, 6) is -0.228. The highest BCUT2D eigenvalue weighted by molar-refractivity contribution is 5.82. The lowest BCUT2D eigenvalue weighted by atomic mass is 10.1. The highest BCUT2D eigenvalue weighted by atomic mass is 16.2. The number of hydrogen-bond donors (Lipinski definition) is 2. The molecule has 2 heterocycles. The van der Waals surface area contributed by atoms with Crippen molar-refractivity contribution in [1.82, 2.24) is 20.1 Å². The van der Waals surface area contributed by atoms with E-state index in [-0.39, 0.29) is 5.91 Å². The fourth-order valence-corrected chi connectivity index (χ4v) is 1.65. The number of carbonyl (C=O) groups is 1. The number of pyridine rings is 1. The summed E-state index contributed by atoms with van der Waals surface area (Å²) in [5.41, 5.74) is 8.44. The van der Waals surface area contributed by atoms with Gasteiger partial charge in [-0.15, -0.1) is 0 Å². The zero-order valence-electron chi connectivity index (χ0n) is 11.0. The molecule has 19 heavy (non-hydrogen) atoms. The zero-order valence-corrected chi connectivity index (χ0v) is 11.0. The summed E-state index contributed by atoms with van der Waals surface area (Å²) in [7, 11) is 1.78. The second-order valence-corrected chi connectivity index (χ2v) is 4.45. The first-order chi connectivity index (χ1) is 9.06. The molecule has 0 fully saturated rings. The van der Waals surface area contributed by atoms with Gasteiger partial charge in [0.1, 0.15) is 6.04 Å². The molecule has 0 aliphatic rings. The van der Waals surface area contributed by atoms with Gasteiger partial charge in [0.2, 0.25) is 5.91 Å². The van der Waals surface area contributed by atoms with Crippen LogP contribution < -0.4 is 11.1 Å². The molecule has 0 radical (unpaired) electrons. The minimum absolute atomic E-state index is 0.228. The standard InChI is InChI=1S/C13H17N5O/c1-9-3-4-10(5-15-9)6-16-13(19)12(14)11-7-17-18(2)8-11/h3-5,7-8,12H,6,14H2,1-2H3,(H,16,19). The average Bonchev–Trinajstić information content (AvgIpc) is 2.83. The number of nitrogens with one attached hydrogen (secondary N) is 1. The van der Waals surface area contributed by atoms with E-state index < -0.39 is 6.04 Å². The molecule has 2 aromatic rings. The molecule has 0 aliphatic carbocycles. The highest BCUT2D eigenvalue weighted by Gasteiger charge is 2.16. The lowest BCUT2D eigenvalue weighted by Gasteiger charge is -2.10. The predicted octanol–water partition coefficient (Wildman–Crippen LogP) is 0.440. The van der Waals surface area contributed by atoms with Gasteiger partial charge in [0, 0.05) is 37.2 Å². The average molecular weight is 259 g/mol. The van der Waals surface area contributed by atoms with E-state index in [4.69, 9.17) is 5.73 Å². The lowest BCUT2D eigenvalue weighted by molar-refractivity contribution is -0.122. The Labute approximate surface area is 111 Å². The Bertz CT molecular complexity index is 561. The van der Waals surface area contributed by atoms with E-state index in [9.17, 15) is 4.79 Å². The molecular weight excluding hydrogens is 242 g/mol. The van der Waals surface area contributed by atoms with Crippen LogP contribution in [-0.2, 0) is 18.4 Å². The molecule has 6 heteroatoms. The summed E-state index contributed by atoms with van der Waals surface area (Å²) in [6.45, 7) is 2.33. The van der Waals surface area contributed by atoms with Crippen LogP contribution in [0.2, 0.25) is 0 Å². The highest BCUT2D eigenvalue weighted by Crippen LogP contribution is 2.08. The number of amides is 1. The van der Waals surface area contributed by atoms with E-state index in [2.05, 4.69) is 15.4 Å². The molecule has 2 rings (SSSR count). The molecule has 0 saturated carbocycles. The van der Waals surface area contributed by atoms with E-state index in [0.29, 0.717) is 12.1 Å². The first kappa shape index (κ1) is 13.2. The van der Waals surface area contributed by atoms with Crippen molar-refractivity contribution >= 4 is 5.91 Å². The third-order valence-electron chi connectivity index (χ3n) is 2.81. The Morgan fingerprint density at radius 1 is 1.47 bits per heavy atom. The molecule has 0 aliphatic heterocycles. The first-order valence-corrected chi connectivity index (χ1v) is 5.99. The predicted molar refractivity (Wildman–Crippen MR) is 71.0 cm³/mol. The minimum Gasteiger partial charge on any atom is -0.350 e. The number of carbonyl (C=O) groups excluding carboxylic acids is 1. The van der Waals surface area contributed by atoms with Crippen LogP contribution in [0.15, 0.2) is 30.7 Å². The van der Waals surface area contributed by atoms with Crippen molar-refractivity contribution < 1.29 is 4.79 Å². The topological polar surface area (TPSA) is 85.8 Å². The minimum atomic E-state index is -0.702. The SMILES string of the molecule is Cc1ccc(CNC(=O)C(N)c2cnn(C)c2)cn1. The molecule has 0 saturated heterocycles. The van der Waals surface area contributed by atoms with Crippen molar-refractivity contribution in [2.75, 3.05) is 0 Å². The van der Waals surface area contributed by atoms with Crippen molar-refractivity contribution in [3.8, 4) is 0 Å². The second-order valence-electron chi connectivity index (χ2n) is 4.45. The number of nitrogens with zero attached hydrogens (tertiary/aromatic N) is 3. The Hall–Kier alpha value is -2.21. The summed E-state index contributed by atoms with van der Waals surface area (Å²) in [6.07, 6.45) is 5.07. The van der Waals surface area contributed by atoms with Crippen LogP contribution in [0, 0.1) is 6.92 Å². The van der Waals surface area contributed by atoms with Crippen LogP contribution in [0.3, 0.4) is 0 Å². The molecular formula is C13H17N5O. The van der Waals surface area contributed by atoms with Crippen LogP contribution in [-0.4, -0.2) is 20.7 Å². The van der Waals surface area contributed by atoms with Crippen molar-refractivity contribution in [3.63, 3.8) is 0 Å². The molecule has 1 amide bonds. The van der Waals surface area contributed by atoms with Gasteiger partial charge in [-0.1, -0.05) is 6.07 Å². The van der Waals surface area contributed by atoms with Crippen molar-refractivity contribution in [3.05, 3.63) is 47.5 Å². The van der Waals surface area contributed by atoms with Crippen molar-refractivity contribution in [1.29, 1.82) is 0 Å². The van der Waals surface area contributed by atoms with E-state index >= 15 is 0 Å². The van der Waals surface area contributed by atoms with Gasteiger partial charge in [0.25, 0.3) is 0 Å². The fourth-order valence-electron chi connectivity index (χ4n) is 1.65. The maximum Gasteiger partial charge on any atom is 0.241 e. The Kier molecular flexibility index (Phi) is 3.91. The summed E-state index contributed by atoms with van der Waals surface area (Å²) in [4.78, 5) is 16.1. The maximum atomic E-state index is 11.9. The molecule has 100 valence electrons. The number of aryl methyl sites for hydroxylation is 2.